The third-order valence-electron chi connectivity index (χ3n) is 2.10. The van der Waals surface area contributed by atoms with E-state index in [1.165, 1.54) is 0 Å². The van der Waals surface area contributed by atoms with Crippen LogP contribution in [0.2, 0.25) is 0 Å². The molecule has 2 amide bonds. The maximum atomic E-state index is 11.9. The number of nitrogens with zero attached hydrogens (tertiary/aromatic N) is 2. The third kappa shape index (κ3) is 2.52. The fourth-order valence-corrected chi connectivity index (χ4v) is 1.38. The number of imide groups is 1. The number of nitrogens with two attached hydrogens (primary N) is 2. The van der Waals surface area contributed by atoms with Gasteiger partial charge in [0, 0.05) is 10.4 Å². The molecule has 0 fully saturated rings. The minimum atomic E-state index is -1.27. The number of thiol groups is 1. The van der Waals surface area contributed by atoms with Crippen LogP contribution < -0.4 is 11.5 Å². The van der Waals surface area contributed by atoms with Crippen molar-refractivity contribution in [1.29, 1.82) is 0 Å². The number of rotatable bonds is 3. The van der Waals surface area contributed by atoms with Crippen LogP contribution in [0.4, 0.5) is 0 Å². The Bertz CT molecular complexity index is 386. The van der Waals surface area contributed by atoms with Crippen molar-refractivity contribution in [2.45, 2.75) is 6.04 Å². The minimum Gasteiger partial charge on any atom is -0.321 e. The Morgan fingerprint density at radius 1 is 1.65 bits per heavy atom. The van der Waals surface area contributed by atoms with Crippen LogP contribution in [0.25, 0.3) is 0 Å². The number of quaternary nitrogens is 1. The maximum Gasteiger partial charge on any atom is 0.390 e. The first kappa shape index (κ1) is 13.8. The van der Waals surface area contributed by atoms with E-state index in [9.17, 15) is 14.4 Å². The lowest BCUT2D eigenvalue weighted by molar-refractivity contribution is -0.877. The maximum absolute atomic E-state index is 11.9. The van der Waals surface area contributed by atoms with Crippen molar-refractivity contribution >= 4 is 36.8 Å². The molecular weight excluding hydrogens is 248 g/mol. The quantitative estimate of drug-likeness (QED) is 0.383. The van der Waals surface area contributed by atoms with Crippen molar-refractivity contribution in [3.63, 3.8) is 0 Å². The summed E-state index contributed by atoms with van der Waals surface area (Å²) in [6, 6.07) is -1.04. The fourth-order valence-electron chi connectivity index (χ4n) is 1.22. The molecule has 9 heteroatoms. The van der Waals surface area contributed by atoms with Gasteiger partial charge in [0.2, 0.25) is 6.34 Å². The normalized spacial score (nSPS) is 24.8. The molecule has 0 spiro atoms. The lowest BCUT2D eigenvalue weighted by atomic mass is 10.3. The molecule has 8 nitrogen and oxygen atoms in total. The van der Waals surface area contributed by atoms with E-state index in [2.05, 4.69) is 17.6 Å². The number of hydrogen-bond acceptors (Lipinski definition) is 8. The van der Waals surface area contributed by atoms with Crippen LogP contribution in [0.3, 0.4) is 0 Å². The third-order valence-corrected chi connectivity index (χ3v) is 2.49. The van der Waals surface area contributed by atoms with Crippen molar-refractivity contribution in [3.8, 4) is 0 Å². The molecule has 1 unspecified atom stereocenters. The molecule has 1 heterocycles. The molecule has 1 aliphatic heterocycles. The van der Waals surface area contributed by atoms with Gasteiger partial charge in [-0.1, -0.05) is 0 Å². The lowest BCUT2D eigenvalue weighted by Crippen LogP contribution is -2.61. The summed E-state index contributed by atoms with van der Waals surface area (Å²) >= 11 is 3.85. The summed E-state index contributed by atoms with van der Waals surface area (Å²) in [5, 5.41) is 0. The molecule has 0 saturated heterocycles. The smallest absolute Gasteiger partial charge is 0.321 e. The van der Waals surface area contributed by atoms with E-state index in [0.29, 0.717) is 0 Å². The zero-order valence-electron chi connectivity index (χ0n) is 8.91. The minimum absolute atomic E-state index is 0.0140. The molecule has 0 saturated carbocycles. The second-order valence-electron chi connectivity index (χ2n) is 3.30. The molecule has 0 aromatic heterocycles. The van der Waals surface area contributed by atoms with Gasteiger partial charge in [0.05, 0.1) is 6.54 Å². The van der Waals surface area contributed by atoms with E-state index in [0.717, 1.165) is 6.34 Å². The highest BCUT2D eigenvalue weighted by Gasteiger charge is 2.54. The van der Waals surface area contributed by atoms with Crippen molar-refractivity contribution in [3.05, 3.63) is 0 Å². The largest absolute Gasteiger partial charge is 0.390 e. The molecule has 2 atom stereocenters. The van der Waals surface area contributed by atoms with Crippen molar-refractivity contribution in [2.24, 2.45) is 16.5 Å². The zero-order chi connectivity index (χ0) is 13.1. The van der Waals surface area contributed by atoms with Crippen LogP contribution in [0.1, 0.15) is 0 Å². The molecule has 0 bridgehead atoms. The second kappa shape index (κ2) is 5.36. The van der Waals surface area contributed by atoms with Crippen LogP contribution >= 0.6 is 12.6 Å². The van der Waals surface area contributed by atoms with E-state index in [-0.39, 0.29) is 12.3 Å². The molecule has 4 N–H and O–H groups in total. The van der Waals surface area contributed by atoms with Gasteiger partial charge < -0.3 is 11.5 Å². The summed E-state index contributed by atoms with van der Waals surface area (Å²) in [6.45, 7) is -0.701. The molecule has 1 aliphatic rings. The van der Waals surface area contributed by atoms with Crippen LogP contribution in [0.15, 0.2) is 4.99 Å². The SMILES string of the molecule is NCC(=O)O[N+]1(C(=O)[C@@H](N)CS)C=NCC1=O. The summed E-state index contributed by atoms with van der Waals surface area (Å²) in [4.78, 5) is 43.1. The topological polar surface area (TPSA) is 125 Å². The van der Waals surface area contributed by atoms with Gasteiger partial charge in [-0.2, -0.15) is 12.6 Å². The molecule has 0 aliphatic carbocycles. The average molecular weight is 261 g/mol. The Balaban J connectivity index is 3.03. The number of hydroxylamine groups is 3. The van der Waals surface area contributed by atoms with Crippen molar-refractivity contribution < 1.29 is 23.9 Å². The first-order valence-electron chi connectivity index (χ1n) is 4.74. The Hall–Kier alpha value is -1.29. The predicted octanol–water partition coefficient (Wildman–Crippen LogP) is -2.43. The number of carbonyl (C=O) groups is 3. The van der Waals surface area contributed by atoms with Crippen molar-refractivity contribution in [2.75, 3.05) is 18.8 Å². The number of aliphatic imine (C=N–C) groups is 1. The molecule has 0 aromatic carbocycles. The Labute approximate surface area is 103 Å². The molecule has 1 rings (SSSR count). The standard InChI is InChI=1S/C8H12N4O4S/c9-1-7(14)16-12(4-11-2-6(12)13)8(15)5(10)3-17/h4-5H,1-3,9-10H2/p+1/t5-,12?/m0/s1. The van der Waals surface area contributed by atoms with Gasteiger partial charge in [0.25, 0.3) is 0 Å². The monoisotopic (exact) mass is 261 g/mol. The van der Waals surface area contributed by atoms with Crippen LogP contribution in [-0.4, -0.2) is 53.7 Å². The summed E-state index contributed by atoms with van der Waals surface area (Å²) in [5.74, 6) is -2.37. The highest BCUT2D eigenvalue weighted by Crippen LogP contribution is 2.15. The van der Waals surface area contributed by atoms with Gasteiger partial charge in [-0.15, -0.1) is 0 Å². The highest BCUT2D eigenvalue weighted by atomic mass is 32.1. The van der Waals surface area contributed by atoms with E-state index in [4.69, 9.17) is 16.3 Å². The van der Waals surface area contributed by atoms with Crippen LogP contribution in [0.5, 0.6) is 0 Å². The average Bonchev–Trinajstić information content (AvgIpc) is 2.69. The molecular formula is C8H13N4O4S+. The van der Waals surface area contributed by atoms with Gasteiger partial charge >= 0.3 is 17.8 Å². The first-order chi connectivity index (χ1) is 7.97. The Morgan fingerprint density at radius 2 is 2.29 bits per heavy atom. The number of carbonyl (C=O) groups excluding carboxylic acids is 3. The Morgan fingerprint density at radius 3 is 2.71 bits per heavy atom. The first-order valence-corrected chi connectivity index (χ1v) is 5.37. The molecule has 17 heavy (non-hydrogen) atoms. The fraction of sp³-hybridized carbons (Fsp3) is 0.500. The lowest BCUT2D eigenvalue weighted by Gasteiger charge is -2.22. The predicted molar refractivity (Wildman–Crippen MR) is 60.6 cm³/mol. The van der Waals surface area contributed by atoms with E-state index in [1.807, 2.05) is 0 Å². The molecule has 94 valence electrons. The second-order valence-corrected chi connectivity index (χ2v) is 3.67. The highest BCUT2D eigenvalue weighted by molar-refractivity contribution is 7.80. The van der Waals surface area contributed by atoms with Crippen molar-refractivity contribution in [1.82, 2.24) is 0 Å². The van der Waals surface area contributed by atoms with E-state index >= 15 is 0 Å². The summed E-state index contributed by atoms with van der Waals surface area (Å²) < 4.78 is -1.27. The summed E-state index contributed by atoms with van der Waals surface area (Å²) in [5.41, 5.74) is 10.5. The van der Waals surface area contributed by atoms with Crippen LogP contribution in [-0.2, 0) is 19.2 Å². The summed E-state index contributed by atoms with van der Waals surface area (Å²) in [6.07, 6.45) is 0.946. The summed E-state index contributed by atoms with van der Waals surface area (Å²) in [7, 11) is 0. The van der Waals surface area contributed by atoms with Gasteiger partial charge in [0.1, 0.15) is 6.04 Å². The van der Waals surface area contributed by atoms with Gasteiger partial charge in [-0.25, -0.2) is 19.4 Å². The van der Waals surface area contributed by atoms with E-state index < -0.39 is 35.0 Å². The van der Waals surface area contributed by atoms with Gasteiger partial charge in [-0.05, 0) is 0 Å². The Kier molecular flexibility index (Phi) is 4.34. The zero-order valence-corrected chi connectivity index (χ0v) is 9.80. The number of amides is 2. The van der Waals surface area contributed by atoms with Gasteiger partial charge in [-0.3, -0.25) is 4.84 Å². The molecule has 0 radical (unpaired) electrons. The van der Waals surface area contributed by atoms with Gasteiger partial charge in [0.15, 0.2) is 6.54 Å². The van der Waals surface area contributed by atoms with Crippen LogP contribution in [0, 0.1) is 0 Å². The van der Waals surface area contributed by atoms with E-state index in [1.54, 1.807) is 0 Å². The number of hydrogen-bond donors (Lipinski definition) is 3. The molecule has 0 aromatic rings.